The van der Waals surface area contributed by atoms with Crippen molar-refractivity contribution in [2.45, 2.75) is 6.10 Å². The smallest absolute Gasteiger partial charge is 0.334 e. The Kier molecular flexibility index (Phi) is 3.49. The Morgan fingerprint density at radius 1 is 1.59 bits per heavy atom. The van der Waals surface area contributed by atoms with Crippen molar-refractivity contribution in [1.82, 2.24) is 0 Å². The van der Waals surface area contributed by atoms with Crippen LogP contribution >= 0.6 is 0 Å². The zero-order valence-corrected chi connectivity index (χ0v) is 9.63. The summed E-state index contributed by atoms with van der Waals surface area (Å²) in [5.74, 6) is -0.154. The first-order chi connectivity index (χ1) is 8.20. The van der Waals surface area contributed by atoms with Crippen LogP contribution in [0.2, 0.25) is 0 Å². The molecule has 5 nitrogen and oxygen atoms in total. The summed E-state index contributed by atoms with van der Waals surface area (Å²) in [5.41, 5.74) is 0.957. The minimum absolute atomic E-state index is 0.364. The van der Waals surface area contributed by atoms with E-state index in [0.717, 1.165) is 11.4 Å². The zero-order valence-electron chi connectivity index (χ0n) is 9.63. The first-order valence-corrected chi connectivity index (χ1v) is 5.44. The van der Waals surface area contributed by atoms with Crippen LogP contribution < -0.4 is 9.64 Å². The van der Waals surface area contributed by atoms with E-state index in [1.165, 1.54) is 0 Å². The minimum Gasteiger partial charge on any atom is -0.497 e. The zero-order chi connectivity index (χ0) is 12.3. The molecule has 1 aliphatic heterocycles. The van der Waals surface area contributed by atoms with Crippen molar-refractivity contribution in [3.63, 3.8) is 0 Å². The number of hydrogen-bond acceptors (Lipinski definition) is 4. The molecule has 5 heteroatoms. The van der Waals surface area contributed by atoms with E-state index in [4.69, 9.17) is 14.6 Å². The quantitative estimate of drug-likeness (QED) is 0.849. The van der Waals surface area contributed by atoms with Gasteiger partial charge >= 0.3 is 5.97 Å². The molecule has 0 radical (unpaired) electrons. The molecule has 1 N–H and O–H groups in total. The fraction of sp³-hybridized carbons (Fsp3) is 0.417. The lowest BCUT2D eigenvalue weighted by atomic mass is 10.2. The third kappa shape index (κ3) is 2.68. The van der Waals surface area contributed by atoms with Gasteiger partial charge in [0.15, 0.2) is 6.10 Å². The number of hydrogen-bond donors (Lipinski definition) is 1. The number of nitrogens with zero attached hydrogens (tertiary/aromatic N) is 1. The number of carbonyl (C=O) groups is 1. The molecule has 1 aromatic carbocycles. The SMILES string of the molecule is COc1cccc(N2CCO[C@H](C(=O)O)C2)c1. The van der Waals surface area contributed by atoms with Gasteiger partial charge in [-0.05, 0) is 12.1 Å². The molecule has 0 unspecified atom stereocenters. The number of aliphatic carboxylic acids is 1. The molecule has 1 aliphatic rings. The molecule has 92 valence electrons. The summed E-state index contributed by atoms with van der Waals surface area (Å²) in [4.78, 5) is 12.9. The van der Waals surface area contributed by atoms with E-state index in [2.05, 4.69) is 0 Å². The van der Waals surface area contributed by atoms with Gasteiger partial charge in [0.05, 0.1) is 20.3 Å². The average Bonchev–Trinajstić information content (AvgIpc) is 2.39. The lowest BCUT2D eigenvalue weighted by Crippen LogP contribution is -2.46. The monoisotopic (exact) mass is 237 g/mol. The van der Waals surface area contributed by atoms with Crippen LogP contribution in [-0.4, -0.2) is 44.0 Å². The summed E-state index contributed by atoms with van der Waals surface area (Å²) in [5, 5.41) is 8.93. The van der Waals surface area contributed by atoms with Crippen LogP contribution in [0, 0.1) is 0 Å². The van der Waals surface area contributed by atoms with E-state index in [9.17, 15) is 4.79 Å². The highest BCUT2D eigenvalue weighted by Gasteiger charge is 2.26. The summed E-state index contributed by atoms with van der Waals surface area (Å²) in [6.45, 7) is 1.48. The third-order valence-electron chi connectivity index (χ3n) is 2.76. The summed E-state index contributed by atoms with van der Waals surface area (Å²) in [6, 6.07) is 7.58. The average molecular weight is 237 g/mol. The summed E-state index contributed by atoms with van der Waals surface area (Å²) < 4.78 is 10.3. The number of benzene rings is 1. The first-order valence-electron chi connectivity index (χ1n) is 5.44. The second-order valence-electron chi connectivity index (χ2n) is 3.85. The van der Waals surface area contributed by atoms with Crippen molar-refractivity contribution in [3.8, 4) is 5.75 Å². The van der Waals surface area contributed by atoms with E-state index >= 15 is 0 Å². The van der Waals surface area contributed by atoms with Gasteiger partial charge in [-0.25, -0.2) is 4.79 Å². The number of morpholine rings is 1. The van der Waals surface area contributed by atoms with Gasteiger partial charge in [-0.3, -0.25) is 0 Å². The van der Waals surface area contributed by atoms with Gasteiger partial charge < -0.3 is 19.5 Å². The van der Waals surface area contributed by atoms with Crippen molar-refractivity contribution in [2.24, 2.45) is 0 Å². The Morgan fingerprint density at radius 3 is 3.12 bits per heavy atom. The fourth-order valence-electron chi connectivity index (χ4n) is 1.84. The van der Waals surface area contributed by atoms with Gasteiger partial charge in [-0.15, -0.1) is 0 Å². The molecule has 1 aromatic rings. The maximum Gasteiger partial charge on any atom is 0.334 e. The van der Waals surface area contributed by atoms with Gasteiger partial charge in [0, 0.05) is 18.3 Å². The van der Waals surface area contributed by atoms with Crippen molar-refractivity contribution in [1.29, 1.82) is 0 Å². The van der Waals surface area contributed by atoms with Crippen molar-refractivity contribution in [2.75, 3.05) is 31.7 Å². The number of anilines is 1. The molecule has 0 aromatic heterocycles. The minimum atomic E-state index is -0.919. The number of methoxy groups -OCH3 is 1. The molecule has 0 amide bonds. The van der Waals surface area contributed by atoms with Gasteiger partial charge in [0.1, 0.15) is 5.75 Å². The molecule has 17 heavy (non-hydrogen) atoms. The Bertz CT molecular complexity index is 407. The third-order valence-corrected chi connectivity index (χ3v) is 2.76. The van der Waals surface area contributed by atoms with Gasteiger partial charge in [0.25, 0.3) is 0 Å². The Balaban J connectivity index is 2.13. The van der Waals surface area contributed by atoms with Crippen molar-refractivity contribution < 1.29 is 19.4 Å². The Labute approximate surface area is 99.6 Å². The molecule has 1 heterocycles. The normalized spacial score (nSPS) is 20.1. The number of rotatable bonds is 3. The second-order valence-corrected chi connectivity index (χ2v) is 3.85. The van der Waals surface area contributed by atoms with Crippen LogP contribution in [0.3, 0.4) is 0 Å². The van der Waals surface area contributed by atoms with Crippen LogP contribution in [0.25, 0.3) is 0 Å². The topological polar surface area (TPSA) is 59.0 Å². The molecule has 0 aliphatic carbocycles. The molecule has 1 atom stereocenters. The largest absolute Gasteiger partial charge is 0.497 e. The lowest BCUT2D eigenvalue weighted by molar-refractivity contribution is -0.150. The number of carboxylic acids is 1. The lowest BCUT2D eigenvalue weighted by Gasteiger charge is -2.32. The Hall–Kier alpha value is -1.75. The fourth-order valence-corrected chi connectivity index (χ4v) is 1.84. The number of carboxylic acid groups (broad SMARTS) is 1. The van der Waals surface area contributed by atoms with Crippen molar-refractivity contribution >= 4 is 11.7 Å². The van der Waals surface area contributed by atoms with Gasteiger partial charge in [-0.2, -0.15) is 0 Å². The predicted molar refractivity (Wildman–Crippen MR) is 62.6 cm³/mol. The maximum atomic E-state index is 10.9. The van der Waals surface area contributed by atoms with E-state index < -0.39 is 12.1 Å². The summed E-state index contributed by atoms with van der Waals surface area (Å²) in [6.07, 6.45) is -0.755. The molecule has 1 saturated heterocycles. The van der Waals surface area contributed by atoms with Gasteiger partial charge in [-0.1, -0.05) is 6.07 Å². The van der Waals surface area contributed by atoms with E-state index in [-0.39, 0.29) is 0 Å². The predicted octanol–water partition coefficient (Wildman–Crippen LogP) is 0.985. The van der Waals surface area contributed by atoms with Crippen LogP contribution in [-0.2, 0) is 9.53 Å². The van der Waals surface area contributed by atoms with E-state index in [0.29, 0.717) is 19.7 Å². The molecule has 0 bridgehead atoms. The highest BCUT2D eigenvalue weighted by atomic mass is 16.5. The molecule has 0 saturated carbocycles. The summed E-state index contributed by atoms with van der Waals surface area (Å²) in [7, 11) is 1.61. The molecular formula is C12H15NO4. The highest BCUT2D eigenvalue weighted by molar-refractivity contribution is 5.73. The van der Waals surface area contributed by atoms with Crippen LogP contribution in [0.15, 0.2) is 24.3 Å². The molecule has 1 fully saturated rings. The van der Waals surface area contributed by atoms with Crippen LogP contribution in [0.4, 0.5) is 5.69 Å². The summed E-state index contributed by atoms with van der Waals surface area (Å²) >= 11 is 0. The number of ether oxygens (including phenoxy) is 2. The standard InChI is InChI=1S/C12H15NO4/c1-16-10-4-2-3-9(7-10)13-5-6-17-11(8-13)12(14)15/h2-4,7,11H,5-6,8H2,1H3,(H,14,15)/t11-/m0/s1. The second kappa shape index (κ2) is 5.05. The Morgan fingerprint density at radius 2 is 2.41 bits per heavy atom. The van der Waals surface area contributed by atoms with Crippen LogP contribution in [0.5, 0.6) is 5.75 Å². The van der Waals surface area contributed by atoms with E-state index in [1.807, 2.05) is 29.2 Å². The molecule has 2 rings (SSSR count). The van der Waals surface area contributed by atoms with E-state index in [1.54, 1.807) is 7.11 Å². The van der Waals surface area contributed by atoms with Crippen molar-refractivity contribution in [3.05, 3.63) is 24.3 Å². The highest BCUT2D eigenvalue weighted by Crippen LogP contribution is 2.22. The molecular weight excluding hydrogens is 222 g/mol. The van der Waals surface area contributed by atoms with Gasteiger partial charge in [0.2, 0.25) is 0 Å². The first kappa shape index (κ1) is 11.7. The molecule has 0 spiro atoms. The van der Waals surface area contributed by atoms with Crippen LogP contribution in [0.1, 0.15) is 0 Å². The maximum absolute atomic E-state index is 10.9.